The first-order valence-electron chi connectivity index (χ1n) is 7.16. The quantitative estimate of drug-likeness (QED) is 0.675. The van der Waals surface area contributed by atoms with Crippen molar-refractivity contribution in [3.63, 3.8) is 0 Å². The number of hydrogen-bond acceptors (Lipinski definition) is 5. The van der Waals surface area contributed by atoms with Crippen LogP contribution in [-0.4, -0.2) is 39.6 Å². The minimum absolute atomic E-state index is 0.0561. The average molecular weight is 317 g/mol. The zero-order chi connectivity index (χ0) is 17.1. The molecule has 2 aromatic rings. The highest BCUT2D eigenvalue weighted by atomic mass is 16.6. The molecule has 2 rings (SSSR count). The molecule has 0 radical (unpaired) electrons. The Balaban J connectivity index is 2.55. The molecule has 122 valence electrons. The second kappa shape index (κ2) is 6.47. The number of nitro benzene ring substituents is 1. The third-order valence-electron chi connectivity index (χ3n) is 3.40. The molecule has 0 saturated carbocycles. The van der Waals surface area contributed by atoms with Gasteiger partial charge in [0.05, 0.1) is 16.3 Å². The summed E-state index contributed by atoms with van der Waals surface area (Å²) >= 11 is 0. The molecule has 0 aliphatic heterocycles. The van der Waals surface area contributed by atoms with Crippen molar-refractivity contribution >= 4 is 23.0 Å². The fourth-order valence-corrected chi connectivity index (χ4v) is 2.26. The Morgan fingerprint density at radius 1 is 1.39 bits per heavy atom. The fraction of sp³-hybridized carbons (Fsp3) is 0.333. The predicted molar refractivity (Wildman–Crippen MR) is 87.0 cm³/mol. The lowest BCUT2D eigenvalue weighted by molar-refractivity contribution is -0.383. The lowest BCUT2D eigenvalue weighted by Gasteiger charge is -2.14. The summed E-state index contributed by atoms with van der Waals surface area (Å²) in [7, 11) is 3.30. The number of amides is 1. The first-order valence-corrected chi connectivity index (χ1v) is 7.16. The van der Waals surface area contributed by atoms with E-state index in [0.29, 0.717) is 29.3 Å². The summed E-state index contributed by atoms with van der Waals surface area (Å²) in [6.07, 6.45) is 0. The van der Waals surface area contributed by atoms with E-state index in [-0.39, 0.29) is 11.6 Å². The summed E-state index contributed by atoms with van der Waals surface area (Å²) in [5, 5.41) is 18.5. The Bertz CT molecular complexity index is 752. The second-order valence-electron chi connectivity index (χ2n) is 5.22. The molecule has 8 nitrogen and oxygen atoms in total. The normalized spacial score (nSPS) is 10.4. The fourth-order valence-electron chi connectivity index (χ4n) is 2.26. The van der Waals surface area contributed by atoms with Crippen molar-refractivity contribution in [2.75, 3.05) is 19.4 Å². The van der Waals surface area contributed by atoms with Crippen molar-refractivity contribution in [1.29, 1.82) is 0 Å². The molecule has 0 spiro atoms. The van der Waals surface area contributed by atoms with Crippen LogP contribution in [0.2, 0.25) is 0 Å². The zero-order valence-electron chi connectivity index (χ0n) is 13.5. The van der Waals surface area contributed by atoms with Crippen LogP contribution in [0.3, 0.4) is 0 Å². The zero-order valence-corrected chi connectivity index (χ0v) is 13.5. The standard InChI is InChI=1S/C15H19N5O3/c1-5-19-14(15(21)18(3)4)13(10(2)17-19)16-11-8-6-7-9-12(11)20(22)23/h6-9,16H,5H2,1-4H3. The number of nitro groups is 1. The topological polar surface area (TPSA) is 93.3 Å². The Kier molecular flexibility index (Phi) is 4.63. The van der Waals surface area contributed by atoms with E-state index in [2.05, 4.69) is 10.4 Å². The van der Waals surface area contributed by atoms with Crippen molar-refractivity contribution in [2.24, 2.45) is 0 Å². The molecule has 8 heteroatoms. The molecule has 0 bridgehead atoms. The van der Waals surface area contributed by atoms with Gasteiger partial charge in [-0.1, -0.05) is 12.1 Å². The van der Waals surface area contributed by atoms with Crippen LogP contribution in [-0.2, 0) is 6.54 Å². The molecule has 1 amide bonds. The van der Waals surface area contributed by atoms with Gasteiger partial charge in [0.15, 0.2) is 0 Å². The van der Waals surface area contributed by atoms with Crippen molar-refractivity contribution in [2.45, 2.75) is 20.4 Å². The maximum absolute atomic E-state index is 12.5. The van der Waals surface area contributed by atoms with Crippen LogP contribution in [0.1, 0.15) is 23.1 Å². The van der Waals surface area contributed by atoms with Crippen LogP contribution in [0, 0.1) is 17.0 Å². The summed E-state index contributed by atoms with van der Waals surface area (Å²) in [5.41, 5.74) is 1.74. The molecule has 23 heavy (non-hydrogen) atoms. The molecule has 0 aliphatic rings. The van der Waals surface area contributed by atoms with Gasteiger partial charge in [0.2, 0.25) is 0 Å². The number of aryl methyl sites for hydroxylation is 2. The van der Waals surface area contributed by atoms with E-state index < -0.39 is 4.92 Å². The third kappa shape index (κ3) is 3.15. The molecule has 1 aromatic heterocycles. The van der Waals surface area contributed by atoms with Gasteiger partial charge < -0.3 is 10.2 Å². The molecule has 0 unspecified atom stereocenters. The van der Waals surface area contributed by atoms with Crippen LogP contribution in [0.4, 0.5) is 17.1 Å². The number of para-hydroxylation sites is 2. The highest BCUT2D eigenvalue weighted by molar-refractivity contribution is 5.99. The van der Waals surface area contributed by atoms with Crippen molar-refractivity contribution in [3.8, 4) is 0 Å². The van der Waals surface area contributed by atoms with Crippen molar-refractivity contribution < 1.29 is 9.72 Å². The predicted octanol–water partition coefficient (Wildman–Crippen LogP) is 2.57. The van der Waals surface area contributed by atoms with Crippen molar-refractivity contribution in [3.05, 3.63) is 45.8 Å². The van der Waals surface area contributed by atoms with Gasteiger partial charge in [-0.2, -0.15) is 5.10 Å². The minimum atomic E-state index is -0.463. The summed E-state index contributed by atoms with van der Waals surface area (Å²) in [4.78, 5) is 24.6. The number of hydrogen-bond donors (Lipinski definition) is 1. The van der Waals surface area contributed by atoms with Gasteiger partial charge in [-0.05, 0) is 19.9 Å². The monoisotopic (exact) mass is 317 g/mol. The van der Waals surface area contributed by atoms with E-state index in [1.807, 2.05) is 6.92 Å². The SMILES string of the molecule is CCn1nc(C)c(Nc2ccccc2[N+](=O)[O-])c1C(=O)N(C)C. The Morgan fingerprint density at radius 2 is 2.04 bits per heavy atom. The Labute approximate surface area is 133 Å². The number of aromatic nitrogens is 2. The minimum Gasteiger partial charge on any atom is -0.346 e. The van der Waals surface area contributed by atoms with E-state index in [4.69, 9.17) is 0 Å². The van der Waals surface area contributed by atoms with Gasteiger partial charge in [0.25, 0.3) is 11.6 Å². The van der Waals surface area contributed by atoms with Crippen LogP contribution < -0.4 is 5.32 Å². The van der Waals surface area contributed by atoms with Gasteiger partial charge in [-0.15, -0.1) is 0 Å². The largest absolute Gasteiger partial charge is 0.346 e. The highest BCUT2D eigenvalue weighted by Gasteiger charge is 2.24. The van der Waals surface area contributed by atoms with Gasteiger partial charge in [-0.25, -0.2) is 0 Å². The van der Waals surface area contributed by atoms with E-state index in [9.17, 15) is 14.9 Å². The summed E-state index contributed by atoms with van der Waals surface area (Å²) in [6, 6.07) is 6.31. The lowest BCUT2D eigenvalue weighted by atomic mass is 10.2. The van der Waals surface area contributed by atoms with Crippen LogP contribution in [0.25, 0.3) is 0 Å². The number of nitrogens with zero attached hydrogens (tertiary/aromatic N) is 4. The molecule has 0 atom stereocenters. The molecule has 0 aliphatic carbocycles. The van der Waals surface area contributed by atoms with Crippen LogP contribution in [0.15, 0.2) is 24.3 Å². The van der Waals surface area contributed by atoms with E-state index in [0.717, 1.165) is 0 Å². The third-order valence-corrected chi connectivity index (χ3v) is 3.40. The van der Waals surface area contributed by atoms with E-state index >= 15 is 0 Å². The number of anilines is 2. The number of carbonyl (C=O) groups excluding carboxylic acids is 1. The molecular formula is C15H19N5O3. The summed E-state index contributed by atoms with van der Waals surface area (Å²) < 4.78 is 1.59. The molecule has 0 fully saturated rings. The van der Waals surface area contributed by atoms with Crippen molar-refractivity contribution in [1.82, 2.24) is 14.7 Å². The first-order chi connectivity index (χ1) is 10.9. The van der Waals surface area contributed by atoms with Gasteiger partial charge >= 0.3 is 0 Å². The van der Waals surface area contributed by atoms with Crippen LogP contribution in [0.5, 0.6) is 0 Å². The average Bonchev–Trinajstić information content (AvgIpc) is 2.83. The van der Waals surface area contributed by atoms with Gasteiger partial charge in [0, 0.05) is 26.7 Å². The number of nitrogens with one attached hydrogen (secondary N) is 1. The highest BCUT2D eigenvalue weighted by Crippen LogP contribution is 2.31. The molecule has 1 N–H and O–H groups in total. The van der Waals surface area contributed by atoms with E-state index in [1.165, 1.54) is 11.0 Å². The molecule has 1 aromatic carbocycles. The van der Waals surface area contributed by atoms with Crippen LogP contribution >= 0.6 is 0 Å². The maximum Gasteiger partial charge on any atom is 0.292 e. The Hall–Kier alpha value is -2.90. The number of benzene rings is 1. The second-order valence-corrected chi connectivity index (χ2v) is 5.22. The number of rotatable bonds is 5. The van der Waals surface area contributed by atoms with Gasteiger partial charge in [0.1, 0.15) is 11.4 Å². The smallest absolute Gasteiger partial charge is 0.292 e. The first kappa shape index (κ1) is 16.5. The summed E-state index contributed by atoms with van der Waals surface area (Å²) in [5.74, 6) is -0.214. The number of carbonyl (C=O) groups is 1. The summed E-state index contributed by atoms with van der Waals surface area (Å²) in [6.45, 7) is 4.16. The van der Waals surface area contributed by atoms with E-state index in [1.54, 1.807) is 43.9 Å². The maximum atomic E-state index is 12.5. The Morgan fingerprint density at radius 3 is 2.61 bits per heavy atom. The molecular weight excluding hydrogens is 298 g/mol. The molecule has 0 saturated heterocycles. The van der Waals surface area contributed by atoms with Gasteiger partial charge in [-0.3, -0.25) is 19.6 Å². The molecule has 1 heterocycles. The lowest BCUT2D eigenvalue weighted by Crippen LogP contribution is -2.25.